The number of benzene rings is 1. The highest BCUT2D eigenvalue weighted by atomic mass is 19.3. The zero-order chi connectivity index (χ0) is 17.6. The smallest absolute Gasteiger partial charge is 0.319 e. The predicted molar refractivity (Wildman–Crippen MR) is 93.9 cm³/mol. The van der Waals surface area contributed by atoms with Crippen LogP contribution in [0.15, 0.2) is 47.7 Å². The fourth-order valence-electron chi connectivity index (χ4n) is 2.96. The Morgan fingerprint density at radius 3 is 2.88 bits per heavy atom. The Morgan fingerprint density at radius 1 is 1.36 bits per heavy atom. The highest BCUT2D eigenvalue weighted by Crippen LogP contribution is 2.19. The lowest BCUT2D eigenvalue weighted by atomic mass is 10.3. The van der Waals surface area contributed by atoms with Crippen LogP contribution >= 0.6 is 0 Å². The van der Waals surface area contributed by atoms with Gasteiger partial charge in [0.15, 0.2) is 5.96 Å². The maximum Gasteiger partial charge on any atom is 0.319 e. The molecule has 1 aromatic carbocycles. The number of hydrogen-bond donors (Lipinski definition) is 2. The van der Waals surface area contributed by atoms with Gasteiger partial charge in [0.1, 0.15) is 5.82 Å². The summed E-state index contributed by atoms with van der Waals surface area (Å²) in [6.45, 7) is -0.569. The van der Waals surface area contributed by atoms with Crippen LogP contribution in [0.4, 0.5) is 14.5 Å². The third-order valence-electron chi connectivity index (χ3n) is 4.25. The van der Waals surface area contributed by atoms with E-state index in [0.717, 1.165) is 24.1 Å². The van der Waals surface area contributed by atoms with E-state index in [1.54, 1.807) is 7.05 Å². The first-order valence-corrected chi connectivity index (χ1v) is 8.24. The van der Waals surface area contributed by atoms with E-state index in [9.17, 15) is 8.78 Å². The average Bonchev–Trinajstić information content (AvgIpc) is 3.28. The lowest BCUT2D eigenvalue weighted by Gasteiger charge is -2.20. The fourth-order valence-corrected chi connectivity index (χ4v) is 2.96. The summed E-state index contributed by atoms with van der Waals surface area (Å²) >= 11 is 0. The summed E-state index contributed by atoms with van der Waals surface area (Å²) in [4.78, 5) is 10.4. The van der Waals surface area contributed by atoms with Gasteiger partial charge < -0.3 is 15.5 Å². The second-order valence-corrected chi connectivity index (χ2v) is 5.87. The second-order valence-electron chi connectivity index (χ2n) is 5.87. The van der Waals surface area contributed by atoms with Gasteiger partial charge in [-0.05, 0) is 18.6 Å². The van der Waals surface area contributed by atoms with E-state index in [1.807, 2.05) is 18.2 Å². The molecular weight excluding hydrogens is 326 g/mol. The number of nitrogens with one attached hydrogen (secondary N) is 2. The summed E-state index contributed by atoms with van der Waals surface area (Å²) in [5.74, 6) is 0.860. The minimum atomic E-state index is -2.59. The number of guanidine groups is 1. The summed E-state index contributed by atoms with van der Waals surface area (Å²) in [6, 6.07) is 10.5. The molecule has 1 unspecified atom stereocenters. The normalized spacial score (nSPS) is 18.0. The molecular formula is C17H22F2N6. The Balaban J connectivity index is 1.52. The largest absolute Gasteiger partial charge is 0.369 e. The van der Waals surface area contributed by atoms with Crippen molar-refractivity contribution >= 4 is 11.6 Å². The van der Waals surface area contributed by atoms with Gasteiger partial charge in [-0.25, -0.2) is 4.98 Å². The van der Waals surface area contributed by atoms with E-state index in [-0.39, 0.29) is 18.4 Å². The van der Waals surface area contributed by atoms with Crippen LogP contribution in [-0.2, 0) is 6.54 Å². The zero-order valence-electron chi connectivity index (χ0n) is 14.1. The minimum Gasteiger partial charge on any atom is -0.369 e. The van der Waals surface area contributed by atoms with E-state index in [1.165, 1.54) is 18.1 Å². The van der Waals surface area contributed by atoms with Gasteiger partial charge in [0.2, 0.25) is 0 Å². The molecule has 0 amide bonds. The first-order chi connectivity index (χ1) is 12.2. The molecule has 1 atom stereocenters. The Bertz CT molecular complexity index is 700. The van der Waals surface area contributed by atoms with Gasteiger partial charge in [0.25, 0.3) is 0 Å². The summed E-state index contributed by atoms with van der Waals surface area (Å²) in [5, 5.41) is 6.40. The number of anilines is 1. The average molecular weight is 348 g/mol. The Labute approximate surface area is 145 Å². The van der Waals surface area contributed by atoms with E-state index >= 15 is 0 Å². The van der Waals surface area contributed by atoms with Gasteiger partial charge in [-0.3, -0.25) is 9.56 Å². The number of imidazole rings is 1. The van der Waals surface area contributed by atoms with Crippen molar-refractivity contribution in [1.29, 1.82) is 0 Å². The fraction of sp³-hybridized carbons (Fsp3) is 0.412. The summed E-state index contributed by atoms with van der Waals surface area (Å²) in [5.41, 5.74) is 1.20. The number of nitrogens with zero attached hydrogens (tertiary/aromatic N) is 4. The molecule has 2 heterocycles. The van der Waals surface area contributed by atoms with Crippen LogP contribution in [0, 0.1) is 0 Å². The molecule has 0 bridgehead atoms. The van der Waals surface area contributed by atoms with Gasteiger partial charge >= 0.3 is 6.55 Å². The highest BCUT2D eigenvalue weighted by molar-refractivity contribution is 5.80. The molecule has 0 saturated carbocycles. The summed E-state index contributed by atoms with van der Waals surface area (Å²) < 4.78 is 26.5. The van der Waals surface area contributed by atoms with E-state index < -0.39 is 6.55 Å². The van der Waals surface area contributed by atoms with Crippen molar-refractivity contribution in [3.63, 3.8) is 0 Å². The maximum atomic E-state index is 12.8. The molecule has 134 valence electrons. The van der Waals surface area contributed by atoms with Crippen molar-refractivity contribution in [3.05, 3.63) is 48.5 Å². The van der Waals surface area contributed by atoms with E-state index in [2.05, 4.69) is 37.6 Å². The standard InChI is InChI=1S/C17H22F2N6/c1-20-17(22-11-15-21-8-10-25(15)16(18)19)23-13-7-9-24(12-13)14-5-3-2-4-6-14/h2-6,8,10,13,16H,7,9,11-12H2,1H3,(H2,20,22,23). The maximum absolute atomic E-state index is 12.8. The van der Waals surface area contributed by atoms with E-state index in [4.69, 9.17) is 0 Å². The Kier molecular flexibility index (Phi) is 5.47. The van der Waals surface area contributed by atoms with E-state index in [0.29, 0.717) is 5.96 Å². The van der Waals surface area contributed by atoms with Crippen molar-refractivity contribution in [2.24, 2.45) is 4.99 Å². The quantitative estimate of drug-likeness (QED) is 0.643. The highest BCUT2D eigenvalue weighted by Gasteiger charge is 2.23. The van der Waals surface area contributed by atoms with Crippen molar-refractivity contribution in [2.75, 3.05) is 25.0 Å². The number of hydrogen-bond acceptors (Lipinski definition) is 3. The predicted octanol–water partition coefficient (Wildman–Crippen LogP) is 2.22. The van der Waals surface area contributed by atoms with Crippen LogP contribution in [0.1, 0.15) is 18.8 Å². The van der Waals surface area contributed by atoms with Crippen LogP contribution in [0.3, 0.4) is 0 Å². The number of para-hydroxylation sites is 1. The molecule has 2 N–H and O–H groups in total. The van der Waals surface area contributed by atoms with Gasteiger partial charge in [-0.15, -0.1) is 0 Å². The molecule has 0 radical (unpaired) electrons. The Morgan fingerprint density at radius 2 is 2.16 bits per heavy atom. The molecule has 1 aromatic heterocycles. The van der Waals surface area contributed by atoms with Crippen LogP contribution in [-0.4, -0.2) is 41.7 Å². The number of alkyl halides is 2. The molecule has 1 aliphatic rings. The number of aliphatic imine (C=N–C) groups is 1. The molecule has 1 fully saturated rings. The van der Waals surface area contributed by atoms with Crippen molar-refractivity contribution < 1.29 is 8.78 Å². The summed E-state index contributed by atoms with van der Waals surface area (Å²) in [6.07, 6.45) is 3.63. The van der Waals surface area contributed by atoms with Crippen molar-refractivity contribution in [3.8, 4) is 0 Å². The van der Waals surface area contributed by atoms with Gasteiger partial charge in [0.05, 0.1) is 6.54 Å². The van der Waals surface area contributed by atoms with Crippen molar-refractivity contribution in [1.82, 2.24) is 20.2 Å². The molecule has 3 rings (SSSR count). The first kappa shape index (κ1) is 17.2. The lowest BCUT2D eigenvalue weighted by molar-refractivity contribution is 0.0668. The van der Waals surface area contributed by atoms with Crippen LogP contribution in [0.2, 0.25) is 0 Å². The zero-order valence-corrected chi connectivity index (χ0v) is 14.1. The first-order valence-electron chi connectivity index (χ1n) is 8.24. The molecule has 6 nitrogen and oxygen atoms in total. The topological polar surface area (TPSA) is 57.5 Å². The van der Waals surface area contributed by atoms with Crippen molar-refractivity contribution in [2.45, 2.75) is 25.6 Å². The lowest BCUT2D eigenvalue weighted by Crippen LogP contribution is -2.44. The molecule has 0 spiro atoms. The Hall–Kier alpha value is -2.64. The van der Waals surface area contributed by atoms with Crippen LogP contribution in [0.25, 0.3) is 0 Å². The monoisotopic (exact) mass is 348 g/mol. The third-order valence-corrected chi connectivity index (χ3v) is 4.25. The number of aromatic nitrogens is 2. The minimum absolute atomic E-state index is 0.187. The van der Waals surface area contributed by atoms with Crippen LogP contribution < -0.4 is 15.5 Å². The SMILES string of the molecule is CN=C(NCc1nccn1C(F)F)NC1CCN(c2ccccc2)C1. The molecule has 1 aliphatic heterocycles. The number of rotatable bonds is 5. The molecule has 2 aromatic rings. The van der Waals surface area contributed by atoms with Gasteiger partial charge in [-0.2, -0.15) is 8.78 Å². The second kappa shape index (κ2) is 7.96. The van der Waals surface area contributed by atoms with Crippen LogP contribution in [0.5, 0.6) is 0 Å². The third kappa shape index (κ3) is 4.26. The van der Waals surface area contributed by atoms with Gasteiger partial charge in [-0.1, -0.05) is 18.2 Å². The molecule has 0 aliphatic carbocycles. The number of halogens is 2. The molecule has 1 saturated heterocycles. The summed E-state index contributed by atoms with van der Waals surface area (Å²) in [7, 11) is 1.67. The van der Waals surface area contributed by atoms with Gasteiger partial charge in [0, 0.05) is 44.3 Å². The molecule has 8 heteroatoms. The molecule has 25 heavy (non-hydrogen) atoms.